The number of piperazine rings is 1. The van der Waals surface area contributed by atoms with Gasteiger partial charge in [-0.3, -0.25) is 0 Å². The molecule has 0 spiro atoms. The number of carbonyl (C=O) groups is 1. The van der Waals surface area contributed by atoms with Crippen LogP contribution in [0.25, 0.3) is 11.0 Å². The minimum Gasteiger partial charge on any atom is -0.423 e. The van der Waals surface area contributed by atoms with Gasteiger partial charge in [0.1, 0.15) is 11.3 Å². The molecule has 0 saturated carbocycles. The second-order valence-electron chi connectivity index (χ2n) is 7.94. The van der Waals surface area contributed by atoms with Gasteiger partial charge in [-0.25, -0.2) is 18.0 Å². The molecule has 1 aliphatic rings. The molecular weight excluding hydrogens is 432 g/mol. The standard InChI is InChI=1S/C23H24N2O6S/c1-15-13-21(26)31-22-16(2)20(8-7-19(15)22)30-23(27)17-5-4-6-18(14-17)32(28,29)25-11-9-24(3)10-12-25/h4-8,13-14H,9-12H2,1-3H3. The molecule has 0 unspecified atom stereocenters. The van der Waals surface area contributed by atoms with Gasteiger partial charge in [0.05, 0.1) is 10.5 Å². The Kier molecular flexibility index (Phi) is 5.89. The lowest BCUT2D eigenvalue weighted by molar-refractivity contribution is 0.0733. The fourth-order valence-electron chi connectivity index (χ4n) is 3.73. The first-order chi connectivity index (χ1) is 15.2. The van der Waals surface area contributed by atoms with Gasteiger partial charge in [-0.15, -0.1) is 0 Å². The average Bonchev–Trinajstić information content (AvgIpc) is 2.76. The minimum atomic E-state index is -3.71. The third kappa shape index (κ3) is 4.19. The van der Waals surface area contributed by atoms with Gasteiger partial charge in [0, 0.05) is 43.2 Å². The fourth-order valence-corrected chi connectivity index (χ4v) is 5.20. The highest BCUT2D eigenvalue weighted by Crippen LogP contribution is 2.29. The first-order valence-electron chi connectivity index (χ1n) is 10.2. The van der Waals surface area contributed by atoms with Gasteiger partial charge < -0.3 is 14.1 Å². The molecular formula is C23H24N2O6S. The fraction of sp³-hybridized carbons (Fsp3) is 0.304. The SMILES string of the molecule is Cc1cc(=O)oc2c(C)c(OC(=O)c3cccc(S(=O)(=O)N4CCN(C)CC4)c3)ccc12. The molecule has 2 aromatic carbocycles. The number of likely N-dealkylation sites (N-methyl/N-ethyl adjacent to an activating group) is 1. The van der Waals surface area contributed by atoms with Crippen molar-refractivity contribution < 1.29 is 22.4 Å². The third-order valence-electron chi connectivity index (χ3n) is 5.69. The van der Waals surface area contributed by atoms with E-state index in [4.69, 9.17) is 9.15 Å². The van der Waals surface area contributed by atoms with Gasteiger partial charge >= 0.3 is 11.6 Å². The van der Waals surface area contributed by atoms with Crippen LogP contribution in [0.3, 0.4) is 0 Å². The first-order valence-corrected chi connectivity index (χ1v) is 11.7. The Balaban J connectivity index is 1.61. The first kappa shape index (κ1) is 22.2. The summed E-state index contributed by atoms with van der Waals surface area (Å²) in [6.45, 7) is 5.59. The summed E-state index contributed by atoms with van der Waals surface area (Å²) < 4.78 is 38.3. The summed E-state index contributed by atoms with van der Waals surface area (Å²) in [5, 5.41) is 0.752. The number of hydrogen-bond donors (Lipinski definition) is 0. The summed E-state index contributed by atoms with van der Waals surface area (Å²) >= 11 is 0. The van der Waals surface area contributed by atoms with E-state index in [0.29, 0.717) is 37.3 Å². The number of aryl methyl sites for hydroxylation is 2. The number of rotatable bonds is 4. The van der Waals surface area contributed by atoms with Crippen LogP contribution < -0.4 is 10.4 Å². The maximum atomic E-state index is 13.0. The molecule has 0 N–H and O–H groups in total. The zero-order chi connectivity index (χ0) is 23.0. The minimum absolute atomic E-state index is 0.0494. The molecule has 32 heavy (non-hydrogen) atoms. The van der Waals surface area contributed by atoms with Crippen molar-refractivity contribution in [2.24, 2.45) is 0 Å². The summed E-state index contributed by atoms with van der Waals surface area (Å²) in [5.74, 6) is -0.457. The highest BCUT2D eigenvalue weighted by molar-refractivity contribution is 7.89. The van der Waals surface area contributed by atoms with Gasteiger partial charge in [-0.2, -0.15) is 4.31 Å². The average molecular weight is 457 g/mol. The van der Waals surface area contributed by atoms with Crippen molar-refractivity contribution in [3.8, 4) is 5.75 Å². The van der Waals surface area contributed by atoms with Crippen LogP contribution in [0.1, 0.15) is 21.5 Å². The van der Waals surface area contributed by atoms with Crippen LogP contribution in [0.15, 0.2) is 56.6 Å². The van der Waals surface area contributed by atoms with Gasteiger partial charge in [0.25, 0.3) is 0 Å². The van der Waals surface area contributed by atoms with Crippen LogP contribution in [0.2, 0.25) is 0 Å². The van der Waals surface area contributed by atoms with E-state index in [1.54, 1.807) is 26.0 Å². The summed E-state index contributed by atoms with van der Waals surface area (Å²) in [5.41, 5.74) is 1.26. The van der Waals surface area contributed by atoms with E-state index in [9.17, 15) is 18.0 Å². The van der Waals surface area contributed by atoms with Crippen molar-refractivity contribution in [1.29, 1.82) is 0 Å². The van der Waals surface area contributed by atoms with Crippen molar-refractivity contribution in [2.75, 3.05) is 33.2 Å². The van der Waals surface area contributed by atoms with E-state index in [2.05, 4.69) is 4.90 Å². The van der Waals surface area contributed by atoms with E-state index in [0.717, 1.165) is 10.9 Å². The number of hydrogen-bond acceptors (Lipinski definition) is 7. The second kappa shape index (κ2) is 8.50. The second-order valence-corrected chi connectivity index (χ2v) is 9.88. The predicted octanol–water partition coefficient (Wildman–Crippen LogP) is 2.57. The maximum Gasteiger partial charge on any atom is 0.343 e. The van der Waals surface area contributed by atoms with E-state index >= 15 is 0 Å². The summed E-state index contributed by atoms with van der Waals surface area (Å²) in [6.07, 6.45) is 0. The Morgan fingerprint density at radius 2 is 1.75 bits per heavy atom. The third-order valence-corrected chi connectivity index (χ3v) is 7.59. The molecule has 9 heteroatoms. The zero-order valence-electron chi connectivity index (χ0n) is 18.1. The van der Waals surface area contributed by atoms with E-state index < -0.39 is 21.6 Å². The van der Waals surface area contributed by atoms with Crippen LogP contribution in [0.5, 0.6) is 5.75 Å². The summed E-state index contributed by atoms with van der Waals surface area (Å²) in [6, 6.07) is 10.6. The number of carbonyl (C=O) groups excluding carboxylic acids is 1. The Morgan fingerprint density at radius 1 is 1.03 bits per heavy atom. The summed E-state index contributed by atoms with van der Waals surface area (Å²) in [4.78, 5) is 26.7. The molecule has 1 fully saturated rings. The lowest BCUT2D eigenvalue weighted by Gasteiger charge is -2.31. The number of ether oxygens (including phenoxy) is 1. The van der Waals surface area contributed by atoms with E-state index in [1.807, 2.05) is 7.05 Å². The van der Waals surface area contributed by atoms with Gasteiger partial charge in [-0.1, -0.05) is 6.07 Å². The Hall–Kier alpha value is -3.01. The van der Waals surface area contributed by atoms with Crippen molar-refractivity contribution in [1.82, 2.24) is 9.21 Å². The highest BCUT2D eigenvalue weighted by atomic mass is 32.2. The van der Waals surface area contributed by atoms with Crippen molar-refractivity contribution in [3.05, 3.63) is 69.6 Å². The molecule has 0 radical (unpaired) electrons. The van der Waals surface area contributed by atoms with Crippen LogP contribution >= 0.6 is 0 Å². The molecule has 1 saturated heterocycles. The number of benzene rings is 2. The van der Waals surface area contributed by atoms with Crippen molar-refractivity contribution in [2.45, 2.75) is 18.7 Å². The number of esters is 1. The molecule has 0 aliphatic carbocycles. The highest BCUT2D eigenvalue weighted by Gasteiger charge is 2.28. The lowest BCUT2D eigenvalue weighted by Crippen LogP contribution is -2.47. The molecule has 0 bridgehead atoms. The van der Waals surface area contributed by atoms with Crippen LogP contribution in [-0.4, -0.2) is 56.8 Å². The topological polar surface area (TPSA) is 97.1 Å². The molecule has 1 aromatic heterocycles. The number of nitrogens with zero attached hydrogens (tertiary/aromatic N) is 2. The largest absolute Gasteiger partial charge is 0.423 e. The molecule has 2 heterocycles. The quantitative estimate of drug-likeness (QED) is 0.338. The van der Waals surface area contributed by atoms with E-state index in [-0.39, 0.29) is 16.2 Å². The molecule has 3 aromatic rings. The molecule has 8 nitrogen and oxygen atoms in total. The van der Waals surface area contributed by atoms with Crippen LogP contribution in [0.4, 0.5) is 0 Å². The molecule has 1 aliphatic heterocycles. The van der Waals surface area contributed by atoms with Crippen molar-refractivity contribution >= 4 is 27.0 Å². The number of sulfonamides is 1. The van der Waals surface area contributed by atoms with Crippen LogP contribution in [-0.2, 0) is 10.0 Å². The van der Waals surface area contributed by atoms with Crippen molar-refractivity contribution in [3.63, 3.8) is 0 Å². The smallest absolute Gasteiger partial charge is 0.343 e. The Morgan fingerprint density at radius 3 is 2.47 bits per heavy atom. The maximum absolute atomic E-state index is 13.0. The van der Waals surface area contributed by atoms with Crippen LogP contribution in [0, 0.1) is 13.8 Å². The molecule has 0 atom stereocenters. The Bertz CT molecular complexity index is 1350. The normalized spacial score (nSPS) is 15.7. The number of fused-ring (bicyclic) bond motifs is 1. The molecule has 168 valence electrons. The van der Waals surface area contributed by atoms with Gasteiger partial charge in [0.2, 0.25) is 10.0 Å². The molecule has 0 amide bonds. The lowest BCUT2D eigenvalue weighted by atomic mass is 10.1. The van der Waals surface area contributed by atoms with Gasteiger partial charge in [-0.05, 0) is 56.8 Å². The zero-order valence-corrected chi connectivity index (χ0v) is 18.9. The predicted molar refractivity (Wildman–Crippen MR) is 120 cm³/mol. The Labute approximate surface area is 186 Å². The van der Waals surface area contributed by atoms with Gasteiger partial charge in [0.15, 0.2) is 0 Å². The monoisotopic (exact) mass is 456 g/mol. The molecule has 4 rings (SSSR count). The summed E-state index contributed by atoms with van der Waals surface area (Å²) in [7, 11) is -1.77. The van der Waals surface area contributed by atoms with E-state index in [1.165, 1.54) is 34.6 Å².